The highest BCUT2D eigenvalue weighted by Crippen LogP contribution is 2.29. The van der Waals surface area contributed by atoms with Gasteiger partial charge in [0.2, 0.25) is 5.91 Å². The number of amides is 2. The third-order valence-electron chi connectivity index (χ3n) is 7.72. The number of benzene rings is 2. The maximum atomic E-state index is 13.5. The van der Waals surface area contributed by atoms with E-state index in [2.05, 4.69) is 78.3 Å². The summed E-state index contributed by atoms with van der Waals surface area (Å²) in [6.45, 7) is 4.28. The van der Waals surface area contributed by atoms with Gasteiger partial charge in [-0.1, -0.05) is 92.0 Å². The second kappa shape index (κ2) is 25.1. The largest absolute Gasteiger partial charge is 0.507 e. The number of carbonyl (C=O) groups is 3. The third-order valence-corrected chi connectivity index (χ3v) is 7.72. The average Bonchev–Trinajstić information content (AvgIpc) is 3.08. The molecule has 0 aromatic heterocycles. The SMILES string of the molecule is CC/C=C\C/C=C\C/C=C\C/C=C\C/C=C\C/C=C\CCC(=O)NCCCCC(NC(=O)c1cc(-c2ccc(F)cc2C)ccc1O)C(=O)O. The highest BCUT2D eigenvalue weighted by molar-refractivity contribution is 6.00. The molecule has 0 saturated carbocycles. The van der Waals surface area contributed by atoms with E-state index in [9.17, 15) is 29.0 Å². The fraction of sp³-hybridized carbons (Fsp3) is 0.357. The number of aromatic hydroxyl groups is 1. The maximum Gasteiger partial charge on any atom is 0.326 e. The van der Waals surface area contributed by atoms with E-state index in [1.54, 1.807) is 19.1 Å². The Morgan fingerprint density at radius 2 is 1.36 bits per heavy atom. The molecule has 4 N–H and O–H groups in total. The number of halogens is 1. The van der Waals surface area contributed by atoms with E-state index in [0.717, 1.165) is 38.5 Å². The van der Waals surface area contributed by atoms with Crippen LogP contribution in [-0.4, -0.2) is 40.6 Å². The monoisotopic (exact) mass is 684 g/mol. The minimum absolute atomic E-state index is 0.0700. The summed E-state index contributed by atoms with van der Waals surface area (Å²) in [5, 5.41) is 25.3. The number of aryl methyl sites for hydroxylation is 1. The number of hydrogen-bond acceptors (Lipinski definition) is 4. The van der Waals surface area contributed by atoms with Gasteiger partial charge in [-0.05, 0) is 112 Å². The van der Waals surface area contributed by atoms with Crippen LogP contribution in [0.1, 0.15) is 93.5 Å². The summed E-state index contributed by atoms with van der Waals surface area (Å²) < 4.78 is 13.5. The first-order valence-electron chi connectivity index (χ1n) is 17.5. The van der Waals surface area contributed by atoms with Crippen LogP contribution < -0.4 is 10.6 Å². The molecule has 0 fully saturated rings. The number of hydrogen-bond donors (Lipinski definition) is 4. The molecule has 0 saturated heterocycles. The Balaban J connectivity index is 1.60. The summed E-state index contributed by atoms with van der Waals surface area (Å²) in [5.41, 5.74) is 1.87. The van der Waals surface area contributed by atoms with E-state index in [0.29, 0.717) is 48.9 Å². The molecule has 7 nitrogen and oxygen atoms in total. The molecule has 268 valence electrons. The van der Waals surface area contributed by atoms with Crippen molar-refractivity contribution in [3.8, 4) is 16.9 Å². The van der Waals surface area contributed by atoms with Crippen molar-refractivity contribution in [3.05, 3.63) is 126 Å². The highest BCUT2D eigenvalue weighted by Gasteiger charge is 2.22. The number of aliphatic carboxylic acids is 1. The zero-order valence-electron chi connectivity index (χ0n) is 29.5. The molecule has 0 aliphatic carbocycles. The molecule has 50 heavy (non-hydrogen) atoms. The summed E-state index contributed by atoms with van der Waals surface area (Å²) in [5.74, 6) is -2.66. The van der Waals surface area contributed by atoms with Gasteiger partial charge >= 0.3 is 5.97 Å². The zero-order valence-corrected chi connectivity index (χ0v) is 29.5. The van der Waals surface area contributed by atoms with Crippen LogP contribution in [0, 0.1) is 12.7 Å². The van der Waals surface area contributed by atoms with Crippen LogP contribution >= 0.6 is 0 Å². The van der Waals surface area contributed by atoms with Crippen LogP contribution in [0.3, 0.4) is 0 Å². The second-order valence-electron chi connectivity index (χ2n) is 11.9. The summed E-state index contributed by atoms with van der Waals surface area (Å²) in [7, 11) is 0. The number of unbranched alkanes of at least 4 members (excludes halogenated alkanes) is 1. The predicted molar refractivity (Wildman–Crippen MR) is 201 cm³/mol. The van der Waals surface area contributed by atoms with Gasteiger partial charge in [0.25, 0.3) is 5.91 Å². The lowest BCUT2D eigenvalue weighted by Gasteiger charge is -2.16. The number of carboxylic acids is 1. The van der Waals surface area contributed by atoms with Crippen molar-refractivity contribution < 1.29 is 29.0 Å². The molecule has 0 aliphatic heterocycles. The molecule has 1 unspecified atom stereocenters. The highest BCUT2D eigenvalue weighted by atomic mass is 19.1. The molecule has 2 amide bonds. The Morgan fingerprint density at radius 3 is 1.92 bits per heavy atom. The number of nitrogens with one attached hydrogen (secondary N) is 2. The Bertz CT molecular complexity index is 1540. The van der Waals surface area contributed by atoms with Crippen molar-refractivity contribution >= 4 is 17.8 Å². The third kappa shape index (κ3) is 17.4. The summed E-state index contributed by atoms with van der Waals surface area (Å²) in [6, 6.07) is 7.53. The molecule has 2 aromatic carbocycles. The van der Waals surface area contributed by atoms with Crippen LogP contribution in [0.2, 0.25) is 0 Å². The molecular formula is C42H53FN2O5. The van der Waals surface area contributed by atoms with Crippen molar-refractivity contribution in [1.29, 1.82) is 0 Å². The quantitative estimate of drug-likeness (QED) is 0.0688. The molecule has 2 rings (SSSR count). The van der Waals surface area contributed by atoms with Gasteiger partial charge in [-0.2, -0.15) is 0 Å². The van der Waals surface area contributed by atoms with Gasteiger partial charge in [0.05, 0.1) is 5.56 Å². The zero-order chi connectivity index (χ0) is 36.4. The fourth-order valence-corrected chi connectivity index (χ4v) is 4.97. The van der Waals surface area contributed by atoms with E-state index >= 15 is 0 Å². The molecule has 0 radical (unpaired) electrons. The minimum Gasteiger partial charge on any atom is -0.507 e. The normalized spacial score (nSPS) is 12.7. The van der Waals surface area contributed by atoms with Crippen molar-refractivity contribution in [2.45, 2.75) is 90.5 Å². The van der Waals surface area contributed by atoms with E-state index < -0.39 is 17.9 Å². The average molecular weight is 685 g/mol. The van der Waals surface area contributed by atoms with Crippen molar-refractivity contribution in [2.24, 2.45) is 0 Å². The number of carboxylic acid groups (broad SMARTS) is 1. The number of phenols is 1. The molecule has 0 bridgehead atoms. The first kappa shape index (κ1) is 41.2. The summed E-state index contributed by atoms with van der Waals surface area (Å²) in [4.78, 5) is 36.9. The summed E-state index contributed by atoms with van der Waals surface area (Å²) >= 11 is 0. The fourth-order valence-electron chi connectivity index (χ4n) is 4.97. The number of carbonyl (C=O) groups excluding carboxylic acids is 2. The lowest BCUT2D eigenvalue weighted by molar-refractivity contribution is -0.139. The molecule has 0 spiro atoms. The van der Waals surface area contributed by atoms with E-state index in [4.69, 9.17) is 0 Å². The van der Waals surface area contributed by atoms with Gasteiger partial charge in [-0.25, -0.2) is 9.18 Å². The maximum absolute atomic E-state index is 13.5. The van der Waals surface area contributed by atoms with Crippen molar-refractivity contribution in [2.75, 3.05) is 6.54 Å². The van der Waals surface area contributed by atoms with E-state index in [-0.39, 0.29) is 29.5 Å². The van der Waals surface area contributed by atoms with Gasteiger partial charge in [-0.3, -0.25) is 9.59 Å². The van der Waals surface area contributed by atoms with Crippen LogP contribution in [0.15, 0.2) is 109 Å². The van der Waals surface area contributed by atoms with Gasteiger partial charge in [0.1, 0.15) is 17.6 Å². The van der Waals surface area contributed by atoms with Crippen LogP contribution in [0.4, 0.5) is 4.39 Å². The Labute approximate surface area is 297 Å². The van der Waals surface area contributed by atoms with E-state index in [1.807, 2.05) is 12.2 Å². The lowest BCUT2D eigenvalue weighted by Crippen LogP contribution is -2.40. The predicted octanol–water partition coefficient (Wildman–Crippen LogP) is 9.45. The molecule has 1 atom stereocenters. The van der Waals surface area contributed by atoms with Gasteiger partial charge < -0.3 is 20.8 Å². The van der Waals surface area contributed by atoms with Crippen molar-refractivity contribution in [1.82, 2.24) is 10.6 Å². The molecular weight excluding hydrogens is 631 g/mol. The standard InChI is InChI=1S/C42H53FN2O5/c1-3-4-5-6-7-8-9-10-11-12-13-14-15-16-17-18-19-20-21-25-40(47)44-30-23-22-24-38(42(49)50)45-41(48)37-32-34(26-29-39(37)46)36-28-27-35(43)31-33(36)2/h4-5,7-8,10-11,13-14,16-17,19-20,26-29,31-32,38,46H,3,6,9,12,15,18,21-25,30H2,1-2H3,(H,44,47)(H,45,48)(H,49,50)/b5-4-,8-7-,11-10-,14-13-,17-16-,20-19-. The second-order valence-corrected chi connectivity index (χ2v) is 11.9. The van der Waals surface area contributed by atoms with Crippen LogP contribution in [0.25, 0.3) is 11.1 Å². The molecule has 0 heterocycles. The van der Waals surface area contributed by atoms with E-state index in [1.165, 1.54) is 24.3 Å². The molecule has 8 heteroatoms. The minimum atomic E-state index is -1.19. The topological polar surface area (TPSA) is 116 Å². The van der Waals surface area contributed by atoms with Crippen LogP contribution in [0.5, 0.6) is 5.75 Å². The van der Waals surface area contributed by atoms with Crippen LogP contribution in [-0.2, 0) is 9.59 Å². The number of rotatable bonds is 23. The summed E-state index contributed by atoms with van der Waals surface area (Å²) in [6.07, 6.45) is 33.6. The smallest absolute Gasteiger partial charge is 0.326 e. The van der Waals surface area contributed by atoms with Crippen molar-refractivity contribution in [3.63, 3.8) is 0 Å². The van der Waals surface area contributed by atoms with Gasteiger partial charge in [0, 0.05) is 13.0 Å². The number of allylic oxidation sites excluding steroid dienone is 12. The Morgan fingerprint density at radius 1 is 0.780 bits per heavy atom. The Kier molecular flexibility index (Phi) is 20.6. The molecule has 2 aromatic rings. The number of phenolic OH excluding ortho intramolecular Hbond substituents is 1. The Hall–Kier alpha value is -4.98. The lowest BCUT2D eigenvalue weighted by atomic mass is 9.98. The first-order valence-corrected chi connectivity index (χ1v) is 17.5. The first-order chi connectivity index (χ1) is 24.2. The van der Waals surface area contributed by atoms with Gasteiger partial charge in [-0.15, -0.1) is 0 Å². The molecule has 0 aliphatic rings. The van der Waals surface area contributed by atoms with Gasteiger partial charge in [0.15, 0.2) is 0 Å².